The fourth-order valence-corrected chi connectivity index (χ4v) is 4.32. The second kappa shape index (κ2) is 7.81. The third-order valence-electron chi connectivity index (χ3n) is 5.41. The lowest BCUT2D eigenvalue weighted by Gasteiger charge is -2.39. The molecule has 3 N–H and O–H groups in total. The molecule has 4 aromatic heterocycles. The van der Waals surface area contributed by atoms with E-state index >= 15 is 0 Å². The number of fused-ring (bicyclic) bond motifs is 1. The zero-order valence-corrected chi connectivity index (χ0v) is 18.0. The number of H-pyrrole nitrogens is 1. The number of halogens is 1. The summed E-state index contributed by atoms with van der Waals surface area (Å²) in [4.78, 5) is 49.8. The summed E-state index contributed by atoms with van der Waals surface area (Å²) in [6.45, 7) is 2.37. The van der Waals surface area contributed by atoms with E-state index in [1.54, 1.807) is 16.3 Å². The topological polar surface area (TPSA) is 133 Å². The Kier molecular flexibility index (Phi) is 4.93. The number of hydrogen-bond donors (Lipinski definition) is 3. The van der Waals surface area contributed by atoms with Crippen molar-refractivity contribution < 1.29 is 19.1 Å². The molecule has 0 radical (unpaired) electrons. The maximum atomic E-state index is 14.9. The number of carboxylic acid groups (broad SMARTS) is 1. The molecule has 168 valence electrons. The van der Waals surface area contributed by atoms with E-state index in [2.05, 4.69) is 20.3 Å². The summed E-state index contributed by atoms with van der Waals surface area (Å²) in [6.07, 6.45) is 2.67. The molecular formula is C21H17FN6O4S. The van der Waals surface area contributed by atoms with Crippen LogP contribution in [0.4, 0.5) is 16.0 Å². The summed E-state index contributed by atoms with van der Waals surface area (Å²) >= 11 is 1.22. The third-order valence-corrected chi connectivity index (χ3v) is 6.18. The summed E-state index contributed by atoms with van der Waals surface area (Å²) in [5.74, 6) is -2.18. The number of carbonyl (C=O) groups excluding carboxylic acids is 1. The van der Waals surface area contributed by atoms with Crippen molar-refractivity contribution in [1.82, 2.24) is 19.5 Å². The van der Waals surface area contributed by atoms with Crippen molar-refractivity contribution in [2.75, 3.05) is 23.3 Å². The molecule has 5 rings (SSSR count). The van der Waals surface area contributed by atoms with E-state index < -0.39 is 22.8 Å². The minimum atomic E-state index is -1.43. The quantitative estimate of drug-likeness (QED) is 0.410. The van der Waals surface area contributed by atoms with Crippen LogP contribution < -0.4 is 15.6 Å². The van der Waals surface area contributed by atoms with Crippen molar-refractivity contribution in [3.05, 3.63) is 63.3 Å². The van der Waals surface area contributed by atoms with E-state index in [4.69, 9.17) is 0 Å². The van der Waals surface area contributed by atoms with Crippen molar-refractivity contribution in [3.63, 3.8) is 0 Å². The number of aromatic amines is 1. The van der Waals surface area contributed by atoms with Crippen LogP contribution in [0, 0.1) is 18.7 Å². The maximum absolute atomic E-state index is 14.9. The van der Waals surface area contributed by atoms with Crippen LogP contribution in [0.5, 0.6) is 0 Å². The van der Waals surface area contributed by atoms with Gasteiger partial charge in [0, 0.05) is 36.6 Å². The normalized spacial score (nSPS) is 13.8. The number of nitrogens with one attached hydrogen (secondary N) is 2. The van der Waals surface area contributed by atoms with E-state index in [0.29, 0.717) is 10.9 Å². The van der Waals surface area contributed by atoms with Crippen LogP contribution in [-0.2, 0) is 4.79 Å². The summed E-state index contributed by atoms with van der Waals surface area (Å²) < 4.78 is 16.3. The lowest BCUT2D eigenvalue weighted by molar-refractivity contribution is -0.120. The summed E-state index contributed by atoms with van der Waals surface area (Å²) in [5.41, 5.74) is -0.330. The van der Waals surface area contributed by atoms with Gasteiger partial charge in [-0.3, -0.25) is 14.2 Å². The highest BCUT2D eigenvalue weighted by Crippen LogP contribution is 2.29. The number of pyridine rings is 2. The highest BCUT2D eigenvalue weighted by atomic mass is 32.1. The Bertz CT molecular complexity index is 1460. The van der Waals surface area contributed by atoms with Crippen molar-refractivity contribution in [2.24, 2.45) is 5.92 Å². The van der Waals surface area contributed by atoms with Crippen LogP contribution in [0.25, 0.3) is 16.2 Å². The van der Waals surface area contributed by atoms with Gasteiger partial charge in [0.2, 0.25) is 11.3 Å². The molecule has 1 aliphatic rings. The molecule has 0 saturated carbocycles. The molecule has 12 heteroatoms. The number of rotatable bonds is 5. The Morgan fingerprint density at radius 2 is 2.12 bits per heavy atom. The number of nitrogens with zero attached hydrogens (tertiary/aromatic N) is 4. The molecule has 1 aliphatic heterocycles. The number of amides is 1. The highest BCUT2D eigenvalue weighted by Gasteiger charge is 2.35. The first kappa shape index (κ1) is 20.8. The zero-order chi connectivity index (χ0) is 23.3. The number of carbonyl (C=O) groups is 2. The zero-order valence-electron chi connectivity index (χ0n) is 17.2. The lowest BCUT2D eigenvalue weighted by atomic mass is 9.99. The third kappa shape index (κ3) is 3.63. The lowest BCUT2D eigenvalue weighted by Crippen LogP contribution is -2.52. The van der Waals surface area contributed by atoms with E-state index in [-0.39, 0.29) is 41.8 Å². The molecule has 5 heterocycles. The second-order valence-electron chi connectivity index (χ2n) is 7.67. The molecule has 0 spiro atoms. The molecule has 1 fully saturated rings. The number of anilines is 2. The van der Waals surface area contributed by atoms with Gasteiger partial charge < -0.3 is 20.3 Å². The monoisotopic (exact) mass is 468 g/mol. The van der Waals surface area contributed by atoms with Gasteiger partial charge in [-0.05, 0) is 25.1 Å². The number of thiazole rings is 1. The molecule has 0 atom stereocenters. The minimum Gasteiger partial charge on any atom is -0.477 e. The van der Waals surface area contributed by atoms with Crippen molar-refractivity contribution >= 4 is 45.9 Å². The van der Waals surface area contributed by atoms with Gasteiger partial charge in [0.05, 0.1) is 11.3 Å². The van der Waals surface area contributed by atoms with Crippen LogP contribution in [0.2, 0.25) is 0 Å². The van der Waals surface area contributed by atoms with Crippen LogP contribution in [0.15, 0.2) is 40.8 Å². The SMILES string of the molecule is Cc1ccc(NC(=O)C2CN(c3nc4c(cc3F)c(=O)c(C(=O)O)cn4-c3nccs3)C2)[nH]1. The summed E-state index contributed by atoms with van der Waals surface area (Å²) in [7, 11) is 0. The number of carboxylic acids is 1. The smallest absolute Gasteiger partial charge is 0.341 e. The van der Waals surface area contributed by atoms with Crippen LogP contribution in [0.1, 0.15) is 16.1 Å². The predicted molar refractivity (Wildman–Crippen MR) is 120 cm³/mol. The molecule has 0 aliphatic carbocycles. The molecule has 4 aromatic rings. The molecule has 10 nitrogen and oxygen atoms in total. The van der Waals surface area contributed by atoms with E-state index in [1.807, 2.05) is 13.0 Å². The van der Waals surface area contributed by atoms with Crippen molar-refractivity contribution in [1.29, 1.82) is 0 Å². The van der Waals surface area contributed by atoms with E-state index in [9.17, 15) is 23.9 Å². The van der Waals surface area contributed by atoms with E-state index in [0.717, 1.165) is 18.0 Å². The highest BCUT2D eigenvalue weighted by molar-refractivity contribution is 7.12. The van der Waals surface area contributed by atoms with Gasteiger partial charge >= 0.3 is 5.97 Å². The van der Waals surface area contributed by atoms with Gasteiger partial charge in [0.1, 0.15) is 11.4 Å². The number of aromatic carboxylic acids is 1. The minimum absolute atomic E-state index is 0.0185. The molecule has 1 saturated heterocycles. The van der Waals surface area contributed by atoms with Crippen molar-refractivity contribution in [2.45, 2.75) is 6.92 Å². The van der Waals surface area contributed by atoms with Gasteiger partial charge in [0.25, 0.3) is 0 Å². The standard InChI is InChI=1S/C21H17FN6O4S/c1-10-2-3-15(24-10)25-19(30)11-7-27(8-11)18-14(22)6-12-16(29)13(20(31)32)9-28(17(12)26-18)21-23-4-5-33-21/h2-6,9,11,24H,7-8H2,1H3,(H,25,30)(H,31,32). The second-order valence-corrected chi connectivity index (χ2v) is 8.55. The molecule has 0 unspecified atom stereocenters. The molecule has 0 aromatic carbocycles. The maximum Gasteiger partial charge on any atom is 0.341 e. The van der Waals surface area contributed by atoms with Gasteiger partial charge in [0.15, 0.2) is 22.4 Å². The Labute approximate surface area is 189 Å². The van der Waals surface area contributed by atoms with Gasteiger partial charge in [-0.2, -0.15) is 0 Å². The Balaban J connectivity index is 1.48. The van der Waals surface area contributed by atoms with Gasteiger partial charge in [-0.15, -0.1) is 11.3 Å². The van der Waals surface area contributed by atoms with Gasteiger partial charge in [-0.1, -0.05) is 0 Å². The molecule has 0 bridgehead atoms. The van der Waals surface area contributed by atoms with Crippen LogP contribution in [0.3, 0.4) is 0 Å². The first-order valence-corrected chi connectivity index (χ1v) is 10.8. The molecule has 33 heavy (non-hydrogen) atoms. The van der Waals surface area contributed by atoms with Crippen LogP contribution in [-0.4, -0.2) is 49.6 Å². The Morgan fingerprint density at radius 3 is 2.76 bits per heavy atom. The average molecular weight is 468 g/mol. The average Bonchev–Trinajstić information content (AvgIpc) is 3.40. The number of aromatic nitrogens is 4. The van der Waals surface area contributed by atoms with Gasteiger partial charge in [-0.25, -0.2) is 19.2 Å². The fraction of sp³-hybridized carbons (Fsp3) is 0.190. The summed E-state index contributed by atoms with van der Waals surface area (Å²) in [5, 5.41) is 14.1. The Hall–Kier alpha value is -4.06. The largest absolute Gasteiger partial charge is 0.477 e. The number of hydrogen-bond acceptors (Lipinski definition) is 7. The molecule has 1 amide bonds. The van der Waals surface area contributed by atoms with Crippen molar-refractivity contribution in [3.8, 4) is 5.13 Å². The molecular weight excluding hydrogens is 451 g/mol. The first-order valence-electron chi connectivity index (χ1n) is 9.92. The fourth-order valence-electron chi connectivity index (χ4n) is 3.70. The number of aryl methyl sites for hydroxylation is 1. The van der Waals surface area contributed by atoms with E-state index in [1.165, 1.54) is 22.1 Å². The van der Waals surface area contributed by atoms with Crippen LogP contribution >= 0.6 is 11.3 Å². The summed E-state index contributed by atoms with van der Waals surface area (Å²) in [6, 6.07) is 4.60. The first-order chi connectivity index (χ1) is 15.8. The Morgan fingerprint density at radius 1 is 1.33 bits per heavy atom. The predicted octanol–water partition coefficient (Wildman–Crippen LogP) is 2.39.